The highest BCUT2D eigenvalue weighted by Gasteiger charge is 2.04. The van der Waals surface area contributed by atoms with Gasteiger partial charge in [-0.2, -0.15) is 0 Å². The molecule has 0 saturated carbocycles. The number of ether oxygens (including phenoxy) is 2. The normalized spacial score (nSPS) is 9.94. The van der Waals surface area contributed by atoms with Crippen LogP contribution in [0.3, 0.4) is 0 Å². The SMILES string of the molecule is COc1ccc(CNCC(C)C)c(OC)c1.Cl. The van der Waals surface area contributed by atoms with E-state index >= 15 is 0 Å². The molecular weight excluding hydrogens is 238 g/mol. The summed E-state index contributed by atoms with van der Waals surface area (Å²) in [5.74, 6) is 2.35. The van der Waals surface area contributed by atoms with Gasteiger partial charge in [0.15, 0.2) is 0 Å². The summed E-state index contributed by atoms with van der Waals surface area (Å²) in [5, 5.41) is 3.39. The molecule has 0 aliphatic carbocycles. The van der Waals surface area contributed by atoms with Crippen LogP contribution >= 0.6 is 12.4 Å². The van der Waals surface area contributed by atoms with Gasteiger partial charge in [-0.05, 0) is 18.5 Å². The van der Waals surface area contributed by atoms with Gasteiger partial charge in [-0.3, -0.25) is 0 Å². The lowest BCUT2D eigenvalue weighted by molar-refractivity contribution is 0.389. The molecule has 0 saturated heterocycles. The number of nitrogens with one attached hydrogen (secondary N) is 1. The van der Waals surface area contributed by atoms with E-state index in [-0.39, 0.29) is 12.4 Å². The van der Waals surface area contributed by atoms with Gasteiger partial charge in [0.25, 0.3) is 0 Å². The van der Waals surface area contributed by atoms with E-state index in [4.69, 9.17) is 9.47 Å². The molecule has 0 heterocycles. The molecule has 0 aliphatic rings. The zero-order chi connectivity index (χ0) is 12.0. The van der Waals surface area contributed by atoms with Crippen LogP contribution in [0.5, 0.6) is 11.5 Å². The van der Waals surface area contributed by atoms with Crippen molar-refractivity contribution >= 4 is 12.4 Å². The molecule has 0 bridgehead atoms. The molecule has 3 nitrogen and oxygen atoms in total. The number of hydrogen-bond acceptors (Lipinski definition) is 3. The molecule has 0 spiro atoms. The minimum Gasteiger partial charge on any atom is -0.497 e. The maximum absolute atomic E-state index is 5.33. The molecule has 4 heteroatoms. The summed E-state index contributed by atoms with van der Waals surface area (Å²) in [5.41, 5.74) is 1.16. The second kappa shape index (κ2) is 8.20. The van der Waals surface area contributed by atoms with Crippen molar-refractivity contribution in [3.8, 4) is 11.5 Å². The van der Waals surface area contributed by atoms with Gasteiger partial charge in [-0.15, -0.1) is 12.4 Å². The number of methoxy groups -OCH3 is 2. The van der Waals surface area contributed by atoms with Crippen molar-refractivity contribution in [2.45, 2.75) is 20.4 Å². The summed E-state index contributed by atoms with van der Waals surface area (Å²) in [6.45, 7) is 6.22. The van der Waals surface area contributed by atoms with E-state index in [1.807, 2.05) is 18.2 Å². The van der Waals surface area contributed by atoms with Gasteiger partial charge in [-0.25, -0.2) is 0 Å². The Labute approximate surface area is 110 Å². The first-order chi connectivity index (χ1) is 7.67. The summed E-state index contributed by atoms with van der Waals surface area (Å²) in [7, 11) is 3.34. The minimum atomic E-state index is 0. The lowest BCUT2D eigenvalue weighted by Crippen LogP contribution is -2.19. The third-order valence-corrected chi connectivity index (χ3v) is 2.36. The van der Waals surface area contributed by atoms with Crippen molar-refractivity contribution in [1.82, 2.24) is 5.32 Å². The van der Waals surface area contributed by atoms with E-state index in [1.54, 1.807) is 14.2 Å². The first kappa shape index (κ1) is 16.1. The Hall–Kier alpha value is -0.930. The number of rotatable bonds is 6. The van der Waals surface area contributed by atoms with E-state index in [1.165, 1.54) is 0 Å². The Balaban J connectivity index is 0.00000256. The fourth-order valence-electron chi connectivity index (χ4n) is 1.49. The molecule has 1 N–H and O–H groups in total. The molecule has 0 aliphatic heterocycles. The molecule has 1 aromatic rings. The fourth-order valence-corrected chi connectivity index (χ4v) is 1.49. The van der Waals surface area contributed by atoms with Gasteiger partial charge in [0.1, 0.15) is 11.5 Å². The zero-order valence-electron chi connectivity index (χ0n) is 10.9. The van der Waals surface area contributed by atoms with E-state index < -0.39 is 0 Å². The molecular formula is C13H22ClNO2. The number of hydrogen-bond donors (Lipinski definition) is 1. The summed E-state index contributed by atoms with van der Waals surface area (Å²) in [4.78, 5) is 0. The second-order valence-electron chi connectivity index (χ2n) is 4.20. The van der Waals surface area contributed by atoms with E-state index in [0.717, 1.165) is 30.2 Å². The Bertz CT molecular complexity index is 329. The van der Waals surface area contributed by atoms with Crippen LogP contribution in [0.4, 0.5) is 0 Å². The van der Waals surface area contributed by atoms with Crippen molar-refractivity contribution in [1.29, 1.82) is 0 Å². The van der Waals surface area contributed by atoms with Gasteiger partial charge in [0.05, 0.1) is 14.2 Å². The summed E-state index contributed by atoms with van der Waals surface area (Å²) < 4.78 is 10.5. The molecule has 17 heavy (non-hydrogen) atoms. The second-order valence-corrected chi connectivity index (χ2v) is 4.20. The van der Waals surface area contributed by atoms with Gasteiger partial charge in [0, 0.05) is 18.2 Å². The molecule has 1 aromatic carbocycles. The van der Waals surface area contributed by atoms with Crippen molar-refractivity contribution in [2.24, 2.45) is 5.92 Å². The highest BCUT2D eigenvalue weighted by atomic mass is 35.5. The quantitative estimate of drug-likeness (QED) is 0.852. The van der Waals surface area contributed by atoms with Crippen molar-refractivity contribution in [3.63, 3.8) is 0 Å². The van der Waals surface area contributed by atoms with E-state index in [0.29, 0.717) is 5.92 Å². The molecule has 0 radical (unpaired) electrons. The highest BCUT2D eigenvalue weighted by molar-refractivity contribution is 5.85. The van der Waals surface area contributed by atoms with Crippen LogP contribution in [0.2, 0.25) is 0 Å². The molecule has 0 aromatic heterocycles. The Kier molecular flexibility index (Phi) is 7.75. The Morgan fingerprint density at radius 3 is 2.41 bits per heavy atom. The van der Waals surface area contributed by atoms with Gasteiger partial charge in [-0.1, -0.05) is 19.9 Å². The summed E-state index contributed by atoms with van der Waals surface area (Å²) in [6, 6.07) is 5.90. The molecule has 0 unspecified atom stereocenters. The molecule has 0 fully saturated rings. The monoisotopic (exact) mass is 259 g/mol. The van der Waals surface area contributed by atoms with Crippen LogP contribution in [-0.2, 0) is 6.54 Å². The van der Waals surface area contributed by atoms with Gasteiger partial charge in [0.2, 0.25) is 0 Å². The number of benzene rings is 1. The number of halogens is 1. The largest absolute Gasteiger partial charge is 0.497 e. The minimum absolute atomic E-state index is 0. The van der Waals surface area contributed by atoms with Crippen LogP contribution < -0.4 is 14.8 Å². The Morgan fingerprint density at radius 1 is 1.18 bits per heavy atom. The summed E-state index contributed by atoms with van der Waals surface area (Å²) in [6.07, 6.45) is 0. The van der Waals surface area contributed by atoms with Gasteiger partial charge >= 0.3 is 0 Å². The maximum atomic E-state index is 5.33. The van der Waals surface area contributed by atoms with Crippen LogP contribution in [0.1, 0.15) is 19.4 Å². The topological polar surface area (TPSA) is 30.5 Å². The smallest absolute Gasteiger partial charge is 0.127 e. The average molecular weight is 260 g/mol. The predicted octanol–water partition coefficient (Wildman–Crippen LogP) is 2.87. The molecule has 0 atom stereocenters. The Morgan fingerprint density at radius 2 is 1.88 bits per heavy atom. The predicted molar refractivity (Wildman–Crippen MR) is 73.3 cm³/mol. The van der Waals surface area contributed by atoms with Crippen molar-refractivity contribution < 1.29 is 9.47 Å². The lowest BCUT2D eigenvalue weighted by Gasteiger charge is -2.12. The van der Waals surface area contributed by atoms with E-state index in [2.05, 4.69) is 19.2 Å². The average Bonchev–Trinajstić information content (AvgIpc) is 2.29. The highest BCUT2D eigenvalue weighted by Crippen LogP contribution is 2.24. The lowest BCUT2D eigenvalue weighted by atomic mass is 10.1. The first-order valence-corrected chi connectivity index (χ1v) is 5.59. The van der Waals surface area contributed by atoms with Crippen LogP contribution in [0.25, 0.3) is 0 Å². The maximum Gasteiger partial charge on any atom is 0.127 e. The van der Waals surface area contributed by atoms with Crippen molar-refractivity contribution in [2.75, 3.05) is 20.8 Å². The van der Waals surface area contributed by atoms with Crippen molar-refractivity contribution in [3.05, 3.63) is 23.8 Å². The van der Waals surface area contributed by atoms with Crippen LogP contribution in [-0.4, -0.2) is 20.8 Å². The molecule has 1 rings (SSSR count). The van der Waals surface area contributed by atoms with Crippen LogP contribution in [0, 0.1) is 5.92 Å². The molecule has 98 valence electrons. The van der Waals surface area contributed by atoms with Crippen LogP contribution in [0.15, 0.2) is 18.2 Å². The zero-order valence-corrected chi connectivity index (χ0v) is 11.8. The molecule has 0 amide bonds. The third kappa shape index (κ3) is 5.29. The first-order valence-electron chi connectivity index (χ1n) is 5.59. The summed E-state index contributed by atoms with van der Waals surface area (Å²) >= 11 is 0. The standard InChI is InChI=1S/C13H21NO2.ClH/c1-10(2)8-14-9-11-5-6-12(15-3)7-13(11)16-4;/h5-7,10,14H,8-9H2,1-4H3;1H. The fraction of sp³-hybridized carbons (Fsp3) is 0.538. The third-order valence-electron chi connectivity index (χ3n) is 2.36. The van der Waals surface area contributed by atoms with E-state index in [9.17, 15) is 0 Å². The van der Waals surface area contributed by atoms with Gasteiger partial charge < -0.3 is 14.8 Å².